The molecule has 0 aromatic heterocycles. The summed E-state index contributed by atoms with van der Waals surface area (Å²) in [7, 11) is 2.25. The van der Waals surface area contributed by atoms with Gasteiger partial charge in [0.1, 0.15) is 0 Å². The Morgan fingerprint density at radius 1 is 1.06 bits per heavy atom. The van der Waals surface area contributed by atoms with Crippen molar-refractivity contribution >= 4 is 0 Å². The van der Waals surface area contributed by atoms with Gasteiger partial charge in [0, 0.05) is 12.1 Å². The summed E-state index contributed by atoms with van der Waals surface area (Å²) in [5.41, 5.74) is 0. The smallest absolute Gasteiger partial charge is 0.00940 e. The molecule has 4 atom stereocenters. The SMILES string of the molecule is CC(NC1CCN(C)CC1)C1CC2CCC1C2. The third-order valence-electron chi connectivity index (χ3n) is 5.65. The summed E-state index contributed by atoms with van der Waals surface area (Å²) in [5.74, 6) is 3.15. The van der Waals surface area contributed by atoms with Crippen LogP contribution in [0.5, 0.6) is 0 Å². The zero-order valence-corrected chi connectivity index (χ0v) is 11.5. The van der Waals surface area contributed by atoms with Crippen molar-refractivity contribution in [1.29, 1.82) is 0 Å². The minimum atomic E-state index is 0.763. The second-order valence-corrected chi connectivity index (χ2v) is 6.87. The molecule has 1 aliphatic heterocycles. The van der Waals surface area contributed by atoms with Crippen LogP contribution in [0.15, 0.2) is 0 Å². The molecule has 3 fully saturated rings. The van der Waals surface area contributed by atoms with Crippen LogP contribution in [0.3, 0.4) is 0 Å². The van der Waals surface area contributed by atoms with E-state index in [-0.39, 0.29) is 0 Å². The van der Waals surface area contributed by atoms with Crippen molar-refractivity contribution < 1.29 is 0 Å². The highest BCUT2D eigenvalue weighted by atomic mass is 15.1. The van der Waals surface area contributed by atoms with Crippen molar-refractivity contribution in [3.8, 4) is 0 Å². The van der Waals surface area contributed by atoms with Gasteiger partial charge in [-0.1, -0.05) is 6.42 Å². The van der Waals surface area contributed by atoms with Gasteiger partial charge in [-0.15, -0.1) is 0 Å². The van der Waals surface area contributed by atoms with Gasteiger partial charge in [0.2, 0.25) is 0 Å². The van der Waals surface area contributed by atoms with E-state index in [9.17, 15) is 0 Å². The second-order valence-electron chi connectivity index (χ2n) is 6.87. The van der Waals surface area contributed by atoms with Crippen LogP contribution in [-0.2, 0) is 0 Å². The Kier molecular flexibility index (Phi) is 3.45. The van der Waals surface area contributed by atoms with Gasteiger partial charge in [0.15, 0.2) is 0 Å². The van der Waals surface area contributed by atoms with E-state index < -0.39 is 0 Å². The summed E-state index contributed by atoms with van der Waals surface area (Å²) in [6, 6.07) is 1.55. The fourth-order valence-electron chi connectivity index (χ4n) is 4.58. The highest BCUT2D eigenvalue weighted by Gasteiger charge is 2.42. The average molecular weight is 236 g/mol. The molecule has 4 unspecified atom stereocenters. The number of hydrogen-bond acceptors (Lipinski definition) is 2. The molecular formula is C15H28N2. The first-order chi connectivity index (χ1) is 8.22. The van der Waals surface area contributed by atoms with Crippen LogP contribution >= 0.6 is 0 Å². The zero-order valence-electron chi connectivity index (χ0n) is 11.5. The molecule has 3 rings (SSSR count). The van der Waals surface area contributed by atoms with Crippen molar-refractivity contribution in [3.05, 3.63) is 0 Å². The van der Waals surface area contributed by atoms with Crippen LogP contribution in [0.4, 0.5) is 0 Å². The maximum absolute atomic E-state index is 3.94. The van der Waals surface area contributed by atoms with Crippen molar-refractivity contribution in [3.63, 3.8) is 0 Å². The summed E-state index contributed by atoms with van der Waals surface area (Å²) in [6.07, 6.45) is 8.82. The van der Waals surface area contributed by atoms with E-state index in [2.05, 4.69) is 24.2 Å². The Morgan fingerprint density at radius 2 is 1.82 bits per heavy atom. The van der Waals surface area contributed by atoms with Crippen LogP contribution in [0.1, 0.15) is 45.4 Å². The second kappa shape index (κ2) is 4.89. The largest absolute Gasteiger partial charge is 0.311 e. The van der Waals surface area contributed by atoms with E-state index in [1.165, 1.54) is 45.2 Å². The molecule has 98 valence electrons. The lowest BCUT2D eigenvalue weighted by atomic mass is 9.83. The van der Waals surface area contributed by atoms with Gasteiger partial charge in [-0.3, -0.25) is 0 Å². The minimum Gasteiger partial charge on any atom is -0.311 e. The zero-order chi connectivity index (χ0) is 11.8. The summed E-state index contributed by atoms with van der Waals surface area (Å²) in [5, 5.41) is 3.94. The van der Waals surface area contributed by atoms with E-state index in [1.807, 2.05) is 0 Å². The van der Waals surface area contributed by atoms with Gasteiger partial charge >= 0.3 is 0 Å². The Morgan fingerprint density at radius 3 is 2.41 bits per heavy atom. The number of rotatable bonds is 3. The predicted octanol–water partition coefficient (Wildman–Crippen LogP) is 2.49. The van der Waals surface area contributed by atoms with E-state index in [1.54, 1.807) is 6.42 Å². The number of likely N-dealkylation sites (tertiary alicyclic amines) is 1. The van der Waals surface area contributed by atoms with E-state index >= 15 is 0 Å². The first kappa shape index (κ1) is 12.0. The molecule has 0 spiro atoms. The van der Waals surface area contributed by atoms with Crippen LogP contribution in [0.25, 0.3) is 0 Å². The molecule has 0 radical (unpaired) electrons. The third-order valence-corrected chi connectivity index (χ3v) is 5.65. The summed E-state index contributed by atoms with van der Waals surface area (Å²) < 4.78 is 0. The Labute approximate surface area is 106 Å². The Hall–Kier alpha value is -0.0800. The molecule has 2 nitrogen and oxygen atoms in total. The maximum Gasteiger partial charge on any atom is 0.00940 e. The number of hydrogen-bond donors (Lipinski definition) is 1. The lowest BCUT2D eigenvalue weighted by Gasteiger charge is -2.35. The molecule has 17 heavy (non-hydrogen) atoms. The maximum atomic E-state index is 3.94. The lowest BCUT2D eigenvalue weighted by molar-refractivity contribution is 0.192. The highest BCUT2D eigenvalue weighted by molar-refractivity contribution is 4.95. The number of nitrogens with one attached hydrogen (secondary N) is 1. The number of piperidine rings is 1. The van der Waals surface area contributed by atoms with Crippen LogP contribution in [0, 0.1) is 17.8 Å². The Bertz CT molecular complexity index is 258. The third kappa shape index (κ3) is 2.53. The van der Waals surface area contributed by atoms with Crippen molar-refractivity contribution in [2.75, 3.05) is 20.1 Å². The summed E-state index contributed by atoms with van der Waals surface area (Å²) >= 11 is 0. The van der Waals surface area contributed by atoms with Gasteiger partial charge in [-0.2, -0.15) is 0 Å². The molecule has 0 aromatic rings. The molecule has 3 aliphatic rings. The predicted molar refractivity (Wildman–Crippen MR) is 72.1 cm³/mol. The van der Waals surface area contributed by atoms with Gasteiger partial charge in [0.05, 0.1) is 0 Å². The van der Waals surface area contributed by atoms with Crippen molar-refractivity contribution in [1.82, 2.24) is 10.2 Å². The van der Waals surface area contributed by atoms with E-state index in [4.69, 9.17) is 0 Å². The molecule has 2 bridgehead atoms. The lowest BCUT2D eigenvalue weighted by Crippen LogP contribution is -2.47. The minimum absolute atomic E-state index is 0.763. The molecule has 2 aliphatic carbocycles. The van der Waals surface area contributed by atoms with Crippen molar-refractivity contribution in [2.24, 2.45) is 17.8 Å². The van der Waals surface area contributed by atoms with Crippen molar-refractivity contribution in [2.45, 2.75) is 57.5 Å². The quantitative estimate of drug-likeness (QED) is 0.810. The standard InChI is InChI=1S/C15H28N2/c1-11(15-10-12-3-4-13(15)9-12)16-14-5-7-17(2)8-6-14/h11-16H,3-10H2,1-2H3. The molecule has 1 N–H and O–H groups in total. The normalized spacial score (nSPS) is 40.9. The van der Waals surface area contributed by atoms with Crippen LogP contribution in [0.2, 0.25) is 0 Å². The van der Waals surface area contributed by atoms with Gasteiger partial charge in [0.25, 0.3) is 0 Å². The molecule has 1 saturated heterocycles. The Balaban J connectivity index is 1.48. The summed E-state index contributed by atoms with van der Waals surface area (Å²) in [4.78, 5) is 2.46. The van der Waals surface area contributed by atoms with E-state index in [0.29, 0.717) is 0 Å². The van der Waals surface area contributed by atoms with Gasteiger partial charge in [-0.25, -0.2) is 0 Å². The first-order valence-corrected chi connectivity index (χ1v) is 7.67. The number of nitrogens with zero attached hydrogens (tertiary/aromatic N) is 1. The van der Waals surface area contributed by atoms with E-state index in [0.717, 1.165) is 29.8 Å². The molecule has 2 heteroatoms. The monoisotopic (exact) mass is 236 g/mol. The topological polar surface area (TPSA) is 15.3 Å². The number of fused-ring (bicyclic) bond motifs is 2. The van der Waals surface area contributed by atoms with Gasteiger partial charge in [-0.05, 0) is 76.9 Å². The molecule has 0 amide bonds. The first-order valence-electron chi connectivity index (χ1n) is 7.67. The molecule has 0 aromatic carbocycles. The molecule has 1 heterocycles. The fraction of sp³-hybridized carbons (Fsp3) is 1.00. The average Bonchev–Trinajstić information content (AvgIpc) is 2.94. The highest BCUT2D eigenvalue weighted by Crippen LogP contribution is 2.49. The van der Waals surface area contributed by atoms with Gasteiger partial charge < -0.3 is 10.2 Å². The van der Waals surface area contributed by atoms with Crippen LogP contribution in [-0.4, -0.2) is 37.1 Å². The van der Waals surface area contributed by atoms with Crippen LogP contribution < -0.4 is 5.32 Å². The fourth-order valence-corrected chi connectivity index (χ4v) is 4.58. The summed E-state index contributed by atoms with van der Waals surface area (Å²) in [6.45, 7) is 5.01. The molecular weight excluding hydrogens is 208 g/mol. The molecule has 2 saturated carbocycles.